The third-order valence-corrected chi connectivity index (χ3v) is 3.99. The Labute approximate surface area is 146 Å². The fraction of sp³-hybridized carbons (Fsp3) is 0.200. The standard InChI is InChI=1S/C20H20N2O3/c1-2-25-19(23)14-18(16-9-4-3-5-10-16)21-22-13-12-15-8-6-7-11-17(15)20(22)24/h3-11,14,21H,2,12-13H2,1H3. The van der Waals surface area contributed by atoms with Gasteiger partial charge < -0.3 is 4.74 Å². The molecule has 0 aliphatic carbocycles. The van der Waals surface area contributed by atoms with E-state index in [0.717, 1.165) is 17.5 Å². The van der Waals surface area contributed by atoms with Gasteiger partial charge in [0.15, 0.2) is 0 Å². The molecular formula is C20H20N2O3. The van der Waals surface area contributed by atoms with Crippen LogP contribution in [0, 0.1) is 0 Å². The molecule has 1 amide bonds. The predicted octanol–water partition coefficient (Wildman–Crippen LogP) is 2.79. The first-order valence-electron chi connectivity index (χ1n) is 8.29. The number of hydrazine groups is 1. The van der Waals surface area contributed by atoms with Gasteiger partial charge in [0.2, 0.25) is 0 Å². The fourth-order valence-electron chi connectivity index (χ4n) is 2.78. The highest BCUT2D eigenvalue weighted by atomic mass is 16.5. The van der Waals surface area contributed by atoms with Gasteiger partial charge in [0.25, 0.3) is 5.91 Å². The Hall–Kier alpha value is -3.08. The number of hydrogen-bond donors (Lipinski definition) is 1. The van der Waals surface area contributed by atoms with Crippen LogP contribution < -0.4 is 5.43 Å². The molecule has 2 aromatic carbocycles. The topological polar surface area (TPSA) is 58.6 Å². The van der Waals surface area contributed by atoms with Crippen molar-refractivity contribution >= 4 is 17.6 Å². The molecule has 0 radical (unpaired) electrons. The van der Waals surface area contributed by atoms with Crippen molar-refractivity contribution in [1.29, 1.82) is 0 Å². The normalized spacial score (nSPS) is 14.0. The summed E-state index contributed by atoms with van der Waals surface area (Å²) in [4.78, 5) is 24.6. The van der Waals surface area contributed by atoms with Crippen LogP contribution in [0.15, 0.2) is 60.7 Å². The maximum atomic E-state index is 12.7. The fourth-order valence-corrected chi connectivity index (χ4v) is 2.78. The van der Waals surface area contributed by atoms with Gasteiger partial charge in [0.1, 0.15) is 0 Å². The van der Waals surface area contributed by atoms with E-state index in [1.54, 1.807) is 11.9 Å². The van der Waals surface area contributed by atoms with E-state index in [0.29, 0.717) is 24.4 Å². The first-order chi connectivity index (χ1) is 12.2. The van der Waals surface area contributed by atoms with Crippen molar-refractivity contribution in [3.05, 3.63) is 77.4 Å². The molecule has 2 aromatic rings. The number of nitrogens with one attached hydrogen (secondary N) is 1. The average Bonchev–Trinajstić information content (AvgIpc) is 2.64. The number of fused-ring (bicyclic) bond motifs is 1. The molecular weight excluding hydrogens is 316 g/mol. The molecule has 1 aliphatic rings. The molecule has 3 rings (SSSR count). The molecule has 25 heavy (non-hydrogen) atoms. The summed E-state index contributed by atoms with van der Waals surface area (Å²) in [6.07, 6.45) is 2.14. The van der Waals surface area contributed by atoms with Gasteiger partial charge in [-0.25, -0.2) is 4.79 Å². The quantitative estimate of drug-likeness (QED) is 0.674. The van der Waals surface area contributed by atoms with Crippen molar-refractivity contribution in [3.63, 3.8) is 0 Å². The summed E-state index contributed by atoms with van der Waals surface area (Å²) in [6, 6.07) is 17.0. The summed E-state index contributed by atoms with van der Waals surface area (Å²) < 4.78 is 5.01. The van der Waals surface area contributed by atoms with Crippen LogP contribution in [0.5, 0.6) is 0 Å². The number of ether oxygens (including phenoxy) is 1. The van der Waals surface area contributed by atoms with Gasteiger partial charge in [0, 0.05) is 18.2 Å². The summed E-state index contributed by atoms with van der Waals surface area (Å²) >= 11 is 0. The molecule has 0 bridgehead atoms. The van der Waals surface area contributed by atoms with Gasteiger partial charge in [-0.05, 0) is 30.5 Å². The van der Waals surface area contributed by atoms with Crippen LogP contribution in [0.4, 0.5) is 0 Å². The molecule has 0 unspecified atom stereocenters. The van der Waals surface area contributed by atoms with Crippen molar-refractivity contribution in [2.24, 2.45) is 0 Å². The second kappa shape index (κ2) is 7.66. The molecule has 1 heterocycles. The number of nitrogens with zero attached hydrogens (tertiary/aromatic N) is 1. The lowest BCUT2D eigenvalue weighted by Gasteiger charge is -2.30. The monoisotopic (exact) mass is 336 g/mol. The zero-order valence-electron chi connectivity index (χ0n) is 14.1. The molecule has 0 aromatic heterocycles. The number of benzene rings is 2. The maximum Gasteiger partial charge on any atom is 0.332 e. The summed E-state index contributed by atoms with van der Waals surface area (Å²) in [6.45, 7) is 2.59. The molecule has 5 heteroatoms. The van der Waals surface area contributed by atoms with Crippen molar-refractivity contribution in [2.75, 3.05) is 13.2 Å². The highest BCUT2D eigenvalue weighted by molar-refractivity contribution is 5.97. The SMILES string of the molecule is CCOC(=O)C=C(NN1CCc2ccccc2C1=O)c1ccccc1. The zero-order chi connectivity index (χ0) is 17.6. The number of carbonyl (C=O) groups is 2. The zero-order valence-corrected chi connectivity index (χ0v) is 14.1. The Bertz CT molecular complexity index is 800. The maximum absolute atomic E-state index is 12.7. The number of amides is 1. The molecule has 5 nitrogen and oxygen atoms in total. The number of rotatable bonds is 5. The lowest BCUT2D eigenvalue weighted by atomic mass is 10.0. The minimum absolute atomic E-state index is 0.104. The van der Waals surface area contributed by atoms with Crippen LogP contribution in [0.1, 0.15) is 28.4 Å². The van der Waals surface area contributed by atoms with E-state index >= 15 is 0 Å². The average molecular weight is 336 g/mol. The second-order valence-corrected chi connectivity index (χ2v) is 5.65. The molecule has 0 atom stereocenters. The molecule has 0 fully saturated rings. The number of hydrogen-bond acceptors (Lipinski definition) is 4. The number of carbonyl (C=O) groups excluding carboxylic acids is 2. The van der Waals surface area contributed by atoms with E-state index < -0.39 is 5.97 Å². The van der Waals surface area contributed by atoms with Crippen LogP contribution in [0.2, 0.25) is 0 Å². The number of esters is 1. The lowest BCUT2D eigenvalue weighted by Crippen LogP contribution is -2.46. The summed E-state index contributed by atoms with van der Waals surface area (Å²) in [5.41, 5.74) is 6.17. The van der Waals surface area contributed by atoms with E-state index in [-0.39, 0.29) is 5.91 Å². The lowest BCUT2D eigenvalue weighted by molar-refractivity contribution is -0.137. The third-order valence-electron chi connectivity index (χ3n) is 3.99. The molecule has 128 valence electrons. The van der Waals surface area contributed by atoms with Gasteiger partial charge >= 0.3 is 5.97 Å². The predicted molar refractivity (Wildman–Crippen MR) is 95.4 cm³/mol. The molecule has 1 aliphatic heterocycles. The Kier molecular flexibility index (Phi) is 5.14. The van der Waals surface area contributed by atoms with Crippen LogP contribution in [-0.2, 0) is 16.0 Å². The smallest absolute Gasteiger partial charge is 0.332 e. The molecule has 0 spiro atoms. The third kappa shape index (κ3) is 3.88. The van der Waals surface area contributed by atoms with Crippen LogP contribution >= 0.6 is 0 Å². The van der Waals surface area contributed by atoms with Gasteiger partial charge in [-0.2, -0.15) is 0 Å². The van der Waals surface area contributed by atoms with Crippen LogP contribution in [0.3, 0.4) is 0 Å². The van der Waals surface area contributed by atoms with Gasteiger partial charge in [-0.3, -0.25) is 15.2 Å². The van der Waals surface area contributed by atoms with Crippen molar-refractivity contribution in [2.45, 2.75) is 13.3 Å². The summed E-state index contributed by atoms with van der Waals surface area (Å²) in [7, 11) is 0. The molecule has 0 saturated carbocycles. The second-order valence-electron chi connectivity index (χ2n) is 5.65. The molecule has 1 N–H and O–H groups in total. The summed E-state index contributed by atoms with van der Waals surface area (Å²) in [5, 5.41) is 1.54. The van der Waals surface area contributed by atoms with Crippen molar-refractivity contribution in [3.8, 4) is 0 Å². The Morgan fingerprint density at radius 2 is 1.88 bits per heavy atom. The van der Waals surface area contributed by atoms with E-state index in [9.17, 15) is 9.59 Å². The first kappa shape index (κ1) is 16.8. The van der Waals surface area contributed by atoms with Crippen LogP contribution in [-0.4, -0.2) is 30.0 Å². The van der Waals surface area contributed by atoms with Gasteiger partial charge in [-0.1, -0.05) is 48.5 Å². The van der Waals surface area contributed by atoms with E-state index in [1.165, 1.54) is 6.08 Å². The molecule has 0 saturated heterocycles. The van der Waals surface area contributed by atoms with E-state index in [4.69, 9.17) is 4.74 Å². The van der Waals surface area contributed by atoms with Crippen LogP contribution in [0.25, 0.3) is 5.70 Å². The first-order valence-corrected chi connectivity index (χ1v) is 8.29. The van der Waals surface area contributed by atoms with Gasteiger partial charge in [0.05, 0.1) is 12.3 Å². The Morgan fingerprint density at radius 3 is 2.64 bits per heavy atom. The highest BCUT2D eigenvalue weighted by Crippen LogP contribution is 2.19. The van der Waals surface area contributed by atoms with E-state index in [1.807, 2.05) is 54.6 Å². The minimum atomic E-state index is -0.446. The largest absolute Gasteiger partial charge is 0.463 e. The Morgan fingerprint density at radius 1 is 1.16 bits per heavy atom. The Balaban J connectivity index is 1.86. The van der Waals surface area contributed by atoms with Crippen molar-refractivity contribution in [1.82, 2.24) is 10.4 Å². The minimum Gasteiger partial charge on any atom is -0.463 e. The summed E-state index contributed by atoms with van der Waals surface area (Å²) in [5.74, 6) is -0.550. The van der Waals surface area contributed by atoms with Gasteiger partial charge in [-0.15, -0.1) is 0 Å². The van der Waals surface area contributed by atoms with E-state index in [2.05, 4.69) is 5.43 Å². The highest BCUT2D eigenvalue weighted by Gasteiger charge is 2.24. The van der Waals surface area contributed by atoms with Crippen molar-refractivity contribution < 1.29 is 14.3 Å².